The first kappa shape index (κ1) is 21.8. The number of aliphatic imine (C=N–C) groups is 1. The van der Waals surface area contributed by atoms with Crippen LogP contribution in [0, 0.1) is 12.8 Å². The second kappa shape index (κ2) is 8.86. The lowest BCUT2D eigenvalue weighted by Gasteiger charge is -2.20. The summed E-state index contributed by atoms with van der Waals surface area (Å²) in [6.07, 6.45) is 3.57. The summed E-state index contributed by atoms with van der Waals surface area (Å²) in [7, 11) is 3.59. The maximum absolute atomic E-state index is 11.9. The van der Waals surface area contributed by atoms with Crippen LogP contribution in [0.3, 0.4) is 0 Å². The third kappa shape index (κ3) is 5.17. The molecular formula is C24H31N3O3. The monoisotopic (exact) mass is 409 g/mol. The molecule has 0 radical (unpaired) electrons. The molecule has 0 atom stereocenters. The number of aryl methyl sites for hydroxylation is 2. The summed E-state index contributed by atoms with van der Waals surface area (Å²) in [4.78, 5) is 16.2. The second-order valence-electron chi connectivity index (χ2n) is 8.75. The van der Waals surface area contributed by atoms with Crippen molar-refractivity contribution in [2.75, 3.05) is 13.8 Å². The molecule has 1 aliphatic carbocycles. The summed E-state index contributed by atoms with van der Waals surface area (Å²) >= 11 is 0. The van der Waals surface area contributed by atoms with Crippen molar-refractivity contribution in [3.63, 3.8) is 0 Å². The van der Waals surface area contributed by atoms with Gasteiger partial charge in [-0.25, -0.2) is 0 Å². The Labute approximate surface area is 178 Å². The van der Waals surface area contributed by atoms with Crippen molar-refractivity contribution in [1.82, 2.24) is 9.78 Å². The number of hydrogen-bond donors (Lipinski definition) is 0. The van der Waals surface area contributed by atoms with Gasteiger partial charge in [0, 0.05) is 25.9 Å². The van der Waals surface area contributed by atoms with Gasteiger partial charge in [0.1, 0.15) is 5.69 Å². The minimum atomic E-state index is -0.198. The first-order valence-corrected chi connectivity index (χ1v) is 10.3. The van der Waals surface area contributed by atoms with E-state index in [0.717, 1.165) is 35.4 Å². The summed E-state index contributed by atoms with van der Waals surface area (Å²) in [6.45, 7) is 8.35. The molecule has 0 unspecified atom stereocenters. The predicted octanol–water partition coefficient (Wildman–Crippen LogP) is 4.52. The maximum atomic E-state index is 11.9. The van der Waals surface area contributed by atoms with Gasteiger partial charge in [0.15, 0.2) is 5.76 Å². The maximum Gasteiger partial charge on any atom is 0.311 e. The van der Waals surface area contributed by atoms with Gasteiger partial charge in [-0.15, -0.1) is 0 Å². The Hall–Kier alpha value is -2.89. The van der Waals surface area contributed by atoms with Gasteiger partial charge in [0.05, 0.1) is 11.6 Å². The Bertz CT molecular complexity index is 959. The Balaban J connectivity index is 2.00. The summed E-state index contributed by atoms with van der Waals surface area (Å²) in [5.74, 6) is 0.410. The third-order valence-corrected chi connectivity index (χ3v) is 5.11. The van der Waals surface area contributed by atoms with Gasteiger partial charge in [0.2, 0.25) is 6.79 Å². The highest BCUT2D eigenvalue weighted by Gasteiger charge is 2.31. The SMILES string of the molecule is C/N=C\C(=C(\OCOC(=O)C1CC1)c1cc(C)nn1C)c1ccc(C(C)(C)C)cc1. The van der Waals surface area contributed by atoms with E-state index in [1.165, 1.54) is 5.56 Å². The van der Waals surface area contributed by atoms with Crippen LogP contribution in [0.25, 0.3) is 11.3 Å². The van der Waals surface area contributed by atoms with Gasteiger partial charge >= 0.3 is 5.97 Å². The van der Waals surface area contributed by atoms with E-state index in [-0.39, 0.29) is 24.1 Å². The van der Waals surface area contributed by atoms with Crippen LogP contribution in [0.2, 0.25) is 0 Å². The Morgan fingerprint density at radius 1 is 1.23 bits per heavy atom. The van der Waals surface area contributed by atoms with Crippen LogP contribution >= 0.6 is 0 Å². The van der Waals surface area contributed by atoms with Crippen molar-refractivity contribution in [2.24, 2.45) is 18.0 Å². The highest BCUT2D eigenvalue weighted by Crippen LogP contribution is 2.31. The quantitative estimate of drug-likeness (QED) is 0.292. The Morgan fingerprint density at radius 3 is 2.40 bits per heavy atom. The number of carbonyl (C=O) groups excluding carboxylic acids is 1. The number of nitrogens with zero attached hydrogens (tertiary/aromatic N) is 3. The molecule has 0 N–H and O–H groups in total. The van der Waals surface area contributed by atoms with E-state index in [9.17, 15) is 4.79 Å². The molecule has 6 nitrogen and oxygen atoms in total. The smallest absolute Gasteiger partial charge is 0.311 e. The standard InChI is InChI=1S/C24H31N3O3/c1-16-13-21(27(6)26-16)22(29-15-30-23(28)18-7-8-18)20(14-25-5)17-9-11-19(12-10-17)24(2,3)4/h9-14,18H,7-8,15H2,1-6H3/b22-20-,25-14-. The van der Waals surface area contributed by atoms with Crippen LogP contribution < -0.4 is 0 Å². The van der Waals surface area contributed by atoms with Crippen molar-refractivity contribution in [1.29, 1.82) is 0 Å². The summed E-state index contributed by atoms with van der Waals surface area (Å²) in [5, 5.41) is 4.45. The summed E-state index contributed by atoms with van der Waals surface area (Å²) in [6, 6.07) is 10.3. The molecule has 30 heavy (non-hydrogen) atoms. The van der Waals surface area contributed by atoms with E-state index in [2.05, 4.69) is 55.1 Å². The molecule has 1 aromatic heterocycles. The highest BCUT2D eigenvalue weighted by molar-refractivity contribution is 6.18. The number of allylic oxidation sites excluding steroid dienone is 1. The summed E-state index contributed by atoms with van der Waals surface area (Å²) in [5.41, 5.74) is 4.76. The number of hydrogen-bond acceptors (Lipinski definition) is 5. The second-order valence-corrected chi connectivity index (χ2v) is 8.75. The first-order chi connectivity index (χ1) is 14.2. The average Bonchev–Trinajstić information content (AvgIpc) is 3.48. The van der Waals surface area contributed by atoms with E-state index in [0.29, 0.717) is 5.76 Å². The van der Waals surface area contributed by atoms with E-state index < -0.39 is 0 Å². The molecule has 6 heteroatoms. The molecule has 1 aliphatic rings. The number of benzene rings is 1. The topological polar surface area (TPSA) is 65.7 Å². The zero-order valence-electron chi connectivity index (χ0n) is 18.7. The van der Waals surface area contributed by atoms with Crippen molar-refractivity contribution < 1.29 is 14.3 Å². The zero-order chi connectivity index (χ0) is 21.9. The van der Waals surface area contributed by atoms with Crippen molar-refractivity contribution in [3.05, 3.63) is 52.8 Å². The number of carbonyl (C=O) groups is 1. The molecule has 1 heterocycles. The Morgan fingerprint density at radius 2 is 1.90 bits per heavy atom. The van der Waals surface area contributed by atoms with Crippen molar-refractivity contribution in [2.45, 2.75) is 46.0 Å². The third-order valence-electron chi connectivity index (χ3n) is 5.11. The predicted molar refractivity (Wildman–Crippen MR) is 119 cm³/mol. The van der Waals surface area contributed by atoms with Crippen LogP contribution in [-0.4, -0.2) is 35.8 Å². The fourth-order valence-corrected chi connectivity index (χ4v) is 3.24. The molecule has 3 rings (SSSR count). The average molecular weight is 410 g/mol. The van der Waals surface area contributed by atoms with Crippen LogP contribution in [0.15, 0.2) is 35.3 Å². The van der Waals surface area contributed by atoms with E-state index in [1.54, 1.807) is 17.9 Å². The molecular weight excluding hydrogens is 378 g/mol. The number of aromatic nitrogens is 2. The molecule has 1 aromatic carbocycles. The molecule has 1 fully saturated rings. The number of esters is 1. The van der Waals surface area contributed by atoms with Gasteiger partial charge in [-0.2, -0.15) is 5.10 Å². The molecule has 160 valence electrons. The minimum absolute atomic E-state index is 0.0293. The lowest BCUT2D eigenvalue weighted by Crippen LogP contribution is -2.12. The van der Waals surface area contributed by atoms with Crippen LogP contribution in [-0.2, 0) is 26.7 Å². The van der Waals surface area contributed by atoms with E-state index in [4.69, 9.17) is 9.47 Å². The van der Waals surface area contributed by atoms with Gasteiger partial charge in [-0.1, -0.05) is 45.0 Å². The van der Waals surface area contributed by atoms with Gasteiger partial charge < -0.3 is 9.47 Å². The largest absolute Gasteiger partial charge is 0.454 e. The fourth-order valence-electron chi connectivity index (χ4n) is 3.24. The zero-order valence-corrected chi connectivity index (χ0v) is 18.7. The van der Waals surface area contributed by atoms with Gasteiger partial charge in [0.25, 0.3) is 0 Å². The van der Waals surface area contributed by atoms with E-state index >= 15 is 0 Å². The lowest BCUT2D eigenvalue weighted by atomic mass is 9.86. The molecule has 0 bridgehead atoms. The molecule has 0 aliphatic heterocycles. The Kier molecular flexibility index (Phi) is 6.44. The number of ether oxygens (including phenoxy) is 2. The summed E-state index contributed by atoms with van der Waals surface area (Å²) < 4.78 is 13.1. The minimum Gasteiger partial charge on any atom is -0.454 e. The highest BCUT2D eigenvalue weighted by atomic mass is 16.7. The van der Waals surface area contributed by atoms with Crippen LogP contribution in [0.4, 0.5) is 0 Å². The normalized spacial score (nSPS) is 15.3. The fraction of sp³-hybridized carbons (Fsp3) is 0.458. The molecule has 1 saturated carbocycles. The molecule has 0 saturated heterocycles. The molecule has 0 spiro atoms. The van der Waals surface area contributed by atoms with E-state index in [1.807, 2.05) is 20.0 Å². The van der Waals surface area contributed by atoms with Gasteiger partial charge in [-0.05, 0) is 42.4 Å². The van der Waals surface area contributed by atoms with Crippen molar-refractivity contribution in [3.8, 4) is 0 Å². The van der Waals surface area contributed by atoms with Crippen LogP contribution in [0.5, 0.6) is 0 Å². The number of rotatable bonds is 7. The van der Waals surface area contributed by atoms with Crippen molar-refractivity contribution >= 4 is 23.5 Å². The molecule has 0 amide bonds. The molecule has 2 aromatic rings. The van der Waals surface area contributed by atoms with Gasteiger partial charge in [-0.3, -0.25) is 14.5 Å². The first-order valence-electron chi connectivity index (χ1n) is 10.3. The lowest BCUT2D eigenvalue weighted by molar-refractivity contribution is -0.153. The van der Waals surface area contributed by atoms with Crippen LogP contribution in [0.1, 0.15) is 56.1 Å².